The molecule has 0 N–H and O–H groups in total. The molecular formula is C27H29N3O5. The van der Waals surface area contributed by atoms with E-state index in [4.69, 9.17) is 18.9 Å². The molecule has 3 aliphatic rings. The standard InChI is InChI=1S/C27H29N3O5/c31-27-28-26(35-18-23-17-33-13-14-34-23)16-25-24-6-3-20(15-21(24)7-8-30(25)27)19-1-4-22(5-2-19)29-9-11-32-12-10-29/h1-6,15-16,23H,7-14,17-18H2. The monoisotopic (exact) mass is 475 g/mol. The number of ether oxygens (including phenoxy) is 4. The summed E-state index contributed by atoms with van der Waals surface area (Å²) < 4.78 is 24.1. The molecule has 8 nitrogen and oxygen atoms in total. The molecule has 0 bridgehead atoms. The van der Waals surface area contributed by atoms with Crippen LogP contribution in [0.15, 0.2) is 53.3 Å². The number of morpholine rings is 1. The van der Waals surface area contributed by atoms with Crippen molar-refractivity contribution in [1.82, 2.24) is 9.55 Å². The minimum Gasteiger partial charge on any atom is -0.475 e. The Morgan fingerprint density at radius 3 is 2.54 bits per heavy atom. The van der Waals surface area contributed by atoms with Crippen LogP contribution in [-0.4, -0.2) is 68.4 Å². The summed E-state index contributed by atoms with van der Waals surface area (Å²) in [6, 6.07) is 17.1. The van der Waals surface area contributed by atoms with E-state index in [2.05, 4.69) is 52.3 Å². The molecule has 3 aromatic rings. The first-order valence-corrected chi connectivity index (χ1v) is 12.2. The minimum absolute atomic E-state index is 0.145. The lowest BCUT2D eigenvalue weighted by molar-refractivity contribution is -0.102. The summed E-state index contributed by atoms with van der Waals surface area (Å²) in [6.45, 7) is 5.98. The second-order valence-electron chi connectivity index (χ2n) is 9.06. The minimum atomic E-state index is -0.285. The maximum atomic E-state index is 12.7. The van der Waals surface area contributed by atoms with Gasteiger partial charge < -0.3 is 23.8 Å². The molecule has 2 saturated heterocycles. The van der Waals surface area contributed by atoms with Gasteiger partial charge in [-0.3, -0.25) is 4.57 Å². The van der Waals surface area contributed by atoms with Crippen molar-refractivity contribution in [2.24, 2.45) is 0 Å². The third-order valence-electron chi connectivity index (χ3n) is 6.85. The Hall–Kier alpha value is -3.20. The number of fused-ring (bicyclic) bond motifs is 3. The van der Waals surface area contributed by atoms with E-state index in [1.165, 1.54) is 22.4 Å². The third-order valence-corrected chi connectivity index (χ3v) is 6.85. The van der Waals surface area contributed by atoms with E-state index in [9.17, 15) is 4.79 Å². The summed E-state index contributed by atoms with van der Waals surface area (Å²) >= 11 is 0. The Labute approximate surface area is 204 Å². The molecule has 1 unspecified atom stereocenters. The average Bonchev–Trinajstić information content (AvgIpc) is 2.92. The van der Waals surface area contributed by atoms with E-state index in [1.54, 1.807) is 4.57 Å². The van der Waals surface area contributed by atoms with Crippen LogP contribution in [0, 0.1) is 0 Å². The van der Waals surface area contributed by atoms with E-state index >= 15 is 0 Å². The molecule has 182 valence electrons. The van der Waals surface area contributed by atoms with E-state index in [0.717, 1.165) is 44.0 Å². The van der Waals surface area contributed by atoms with Gasteiger partial charge in [-0.15, -0.1) is 0 Å². The van der Waals surface area contributed by atoms with Gasteiger partial charge in [0, 0.05) is 37.0 Å². The largest absolute Gasteiger partial charge is 0.475 e. The highest BCUT2D eigenvalue weighted by Gasteiger charge is 2.21. The number of hydrogen-bond donors (Lipinski definition) is 0. The molecule has 2 fully saturated rings. The van der Waals surface area contributed by atoms with Crippen LogP contribution in [-0.2, 0) is 27.2 Å². The van der Waals surface area contributed by atoms with E-state index in [-0.39, 0.29) is 11.8 Å². The van der Waals surface area contributed by atoms with Crippen molar-refractivity contribution in [3.8, 4) is 28.3 Å². The van der Waals surface area contributed by atoms with E-state index < -0.39 is 0 Å². The molecule has 0 amide bonds. The van der Waals surface area contributed by atoms with Gasteiger partial charge in [0.1, 0.15) is 12.7 Å². The van der Waals surface area contributed by atoms with Crippen molar-refractivity contribution in [1.29, 1.82) is 0 Å². The summed E-state index contributed by atoms with van der Waals surface area (Å²) in [4.78, 5) is 19.2. The normalized spacial score (nSPS) is 19.7. The number of anilines is 1. The summed E-state index contributed by atoms with van der Waals surface area (Å²) in [6.07, 6.45) is 0.644. The second kappa shape index (κ2) is 9.81. The van der Waals surface area contributed by atoms with Gasteiger partial charge in [0.15, 0.2) is 0 Å². The quantitative estimate of drug-likeness (QED) is 0.562. The molecule has 1 aromatic heterocycles. The molecule has 0 radical (unpaired) electrons. The highest BCUT2D eigenvalue weighted by Crippen LogP contribution is 2.33. The van der Waals surface area contributed by atoms with Crippen LogP contribution in [0.1, 0.15) is 5.56 Å². The van der Waals surface area contributed by atoms with Gasteiger partial charge in [0.25, 0.3) is 0 Å². The maximum Gasteiger partial charge on any atom is 0.351 e. The third kappa shape index (κ3) is 4.69. The lowest BCUT2D eigenvalue weighted by atomic mass is 9.93. The highest BCUT2D eigenvalue weighted by atomic mass is 16.6. The van der Waals surface area contributed by atoms with Gasteiger partial charge in [-0.2, -0.15) is 4.98 Å². The van der Waals surface area contributed by atoms with Crippen molar-refractivity contribution in [3.05, 3.63) is 64.6 Å². The van der Waals surface area contributed by atoms with Crippen LogP contribution in [0.3, 0.4) is 0 Å². The fraction of sp³-hybridized carbons (Fsp3) is 0.407. The molecule has 1 atom stereocenters. The number of aryl methyl sites for hydroxylation is 1. The first-order chi connectivity index (χ1) is 17.2. The Bertz CT molecular complexity index is 1240. The summed E-state index contributed by atoms with van der Waals surface area (Å²) in [5, 5.41) is 0. The van der Waals surface area contributed by atoms with Gasteiger partial charge in [-0.25, -0.2) is 4.79 Å². The van der Waals surface area contributed by atoms with Crippen LogP contribution in [0.4, 0.5) is 5.69 Å². The summed E-state index contributed by atoms with van der Waals surface area (Å²) in [5.41, 5.74) is 6.41. The fourth-order valence-corrected chi connectivity index (χ4v) is 4.96. The smallest absolute Gasteiger partial charge is 0.351 e. The number of rotatable bonds is 5. The van der Waals surface area contributed by atoms with Crippen LogP contribution >= 0.6 is 0 Å². The van der Waals surface area contributed by atoms with Crippen molar-refractivity contribution in [2.75, 3.05) is 57.6 Å². The average molecular weight is 476 g/mol. The predicted molar refractivity (Wildman–Crippen MR) is 132 cm³/mol. The molecular weight excluding hydrogens is 446 g/mol. The van der Waals surface area contributed by atoms with Crippen molar-refractivity contribution < 1.29 is 18.9 Å². The van der Waals surface area contributed by atoms with Gasteiger partial charge in [0.2, 0.25) is 5.88 Å². The molecule has 0 aliphatic carbocycles. The molecule has 35 heavy (non-hydrogen) atoms. The van der Waals surface area contributed by atoms with Crippen LogP contribution in [0.25, 0.3) is 22.4 Å². The summed E-state index contributed by atoms with van der Waals surface area (Å²) in [7, 11) is 0. The van der Waals surface area contributed by atoms with Gasteiger partial charge in [-0.05, 0) is 35.2 Å². The molecule has 8 heteroatoms. The zero-order valence-electron chi connectivity index (χ0n) is 19.7. The fourth-order valence-electron chi connectivity index (χ4n) is 4.96. The van der Waals surface area contributed by atoms with Crippen LogP contribution < -0.4 is 15.3 Å². The van der Waals surface area contributed by atoms with Crippen molar-refractivity contribution in [3.63, 3.8) is 0 Å². The Morgan fingerprint density at radius 1 is 0.914 bits per heavy atom. The van der Waals surface area contributed by atoms with Gasteiger partial charge in [0.05, 0.1) is 38.7 Å². The second-order valence-corrected chi connectivity index (χ2v) is 9.06. The summed E-state index contributed by atoms with van der Waals surface area (Å²) in [5.74, 6) is 0.325. The predicted octanol–water partition coefficient (Wildman–Crippen LogP) is 2.76. The van der Waals surface area contributed by atoms with E-state index in [0.29, 0.717) is 38.9 Å². The molecule has 0 saturated carbocycles. The zero-order chi connectivity index (χ0) is 23.6. The van der Waals surface area contributed by atoms with Crippen molar-refractivity contribution >= 4 is 5.69 Å². The Balaban J connectivity index is 1.23. The molecule has 4 heterocycles. The SMILES string of the molecule is O=c1nc(OCC2COCCO2)cc2n1CCc1cc(-c3ccc(N4CCOCC4)cc3)ccc1-2. The highest BCUT2D eigenvalue weighted by molar-refractivity contribution is 5.74. The molecule has 3 aliphatic heterocycles. The van der Waals surface area contributed by atoms with Crippen LogP contribution in [0.2, 0.25) is 0 Å². The maximum absolute atomic E-state index is 12.7. The lowest BCUT2D eigenvalue weighted by Crippen LogP contribution is -2.36. The molecule has 0 spiro atoms. The van der Waals surface area contributed by atoms with Crippen molar-refractivity contribution in [2.45, 2.75) is 19.1 Å². The number of hydrogen-bond acceptors (Lipinski definition) is 7. The molecule has 6 rings (SSSR count). The zero-order valence-corrected chi connectivity index (χ0v) is 19.7. The first-order valence-electron chi connectivity index (χ1n) is 12.2. The Kier molecular flexibility index (Phi) is 6.24. The topological polar surface area (TPSA) is 75.1 Å². The first kappa shape index (κ1) is 22.3. The number of nitrogens with zero attached hydrogens (tertiary/aromatic N) is 3. The molecule has 2 aromatic carbocycles. The number of aromatic nitrogens is 2. The van der Waals surface area contributed by atoms with Crippen LogP contribution in [0.5, 0.6) is 5.88 Å². The Morgan fingerprint density at radius 2 is 1.74 bits per heavy atom. The van der Waals surface area contributed by atoms with Gasteiger partial charge in [-0.1, -0.05) is 30.3 Å². The lowest BCUT2D eigenvalue weighted by Gasteiger charge is -2.29. The van der Waals surface area contributed by atoms with Gasteiger partial charge >= 0.3 is 5.69 Å². The van der Waals surface area contributed by atoms with E-state index in [1.807, 2.05) is 6.07 Å². The number of benzene rings is 2.